The number of amides is 1. The van der Waals surface area contributed by atoms with Crippen LogP contribution in [0.5, 0.6) is 0 Å². The Kier molecular flexibility index (Phi) is 6.79. The van der Waals surface area contributed by atoms with Gasteiger partial charge in [-0.3, -0.25) is 4.79 Å². The Labute approximate surface area is 143 Å². The standard InChI is InChI=1S/C19H27NO4/c1-14(2)10-12-24-17-9-11-20(13-17)18(21)8-5-15-3-6-16(7-4-15)19(22)23/h3-4,6-7,14,17H,5,8-13H2,1-2H3,(H,22,23)/t17-/m1/s1. The van der Waals surface area contributed by atoms with Crippen LogP contribution in [0.1, 0.15) is 49.0 Å². The number of benzene rings is 1. The number of carboxylic acids is 1. The monoisotopic (exact) mass is 333 g/mol. The first-order chi connectivity index (χ1) is 11.5. The number of ether oxygens (including phenoxy) is 1. The van der Waals surface area contributed by atoms with E-state index in [2.05, 4.69) is 13.8 Å². The van der Waals surface area contributed by atoms with Crippen molar-refractivity contribution in [3.8, 4) is 0 Å². The largest absolute Gasteiger partial charge is 0.478 e. The van der Waals surface area contributed by atoms with Gasteiger partial charge >= 0.3 is 5.97 Å². The first-order valence-corrected chi connectivity index (χ1v) is 8.67. The summed E-state index contributed by atoms with van der Waals surface area (Å²) >= 11 is 0. The SMILES string of the molecule is CC(C)CCO[C@@H]1CCN(C(=O)CCc2ccc(C(=O)O)cc2)C1. The molecule has 0 aliphatic carbocycles. The van der Waals surface area contributed by atoms with E-state index in [1.807, 2.05) is 4.90 Å². The second-order valence-corrected chi connectivity index (χ2v) is 6.81. The van der Waals surface area contributed by atoms with E-state index < -0.39 is 5.97 Å². The normalized spacial score (nSPS) is 17.5. The number of carbonyl (C=O) groups excluding carboxylic acids is 1. The maximum atomic E-state index is 12.3. The van der Waals surface area contributed by atoms with Gasteiger partial charge in [0, 0.05) is 26.1 Å². The van der Waals surface area contributed by atoms with E-state index in [0.717, 1.165) is 31.6 Å². The van der Waals surface area contributed by atoms with E-state index in [1.54, 1.807) is 24.3 Å². The number of hydrogen-bond acceptors (Lipinski definition) is 3. The minimum absolute atomic E-state index is 0.146. The highest BCUT2D eigenvalue weighted by Gasteiger charge is 2.26. The topological polar surface area (TPSA) is 66.8 Å². The molecule has 1 heterocycles. The van der Waals surface area contributed by atoms with Crippen molar-refractivity contribution in [2.75, 3.05) is 19.7 Å². The molecule has 24 heavy (non-hydrogen) atoms. The van der Waals surface area contributed by atoms with Crippen LogP contribution in [0.2, 0.25) is 0 Å². The van der Waals surface area contributed by atoms with E-state index in [9.17, 15) is 9.59 Å². The van der Waals surface area contributed by atoms with Gasteiger partial charge in [0.15, 0.2) is 0 Å². The third-order valence-electron chi connectivity index (χ3n) is 4.37. The van der Waals surface area contributed by atoms with Crippen LogP contribution in [0, 0.1) is 5.92 Å². The maximum absolute atomic E-state index is 12.3. The molecule has 1 amide bonds. The lowest BCUT2D eigenvalue weighted by Crippen LogP contribution is -2.30. The summed E-state index contributed by atoms with van der Waals surface area (Å²) in [7, 11) is 0. The molecule has 1 aliphatic heterocycles. The third-order valence-corrected chi connectivity index (χ3v) is 4.37. The number of carbonyl (C=O) groups is 2. The predicted molar refractivity (Wildman–Crippen MR) is 92.1 cm³/mol. The van der Waals surface area contributed by atoms with Gasteiger partial charge in [-0.25, -0.2) is 4.79 Å². The molecule has 5 nitrogen and oxygen atoms in total. The molecule has 5 heteroatoms. The van der Waals surface area contributed by atoms with E-state index in [1.165, 1.54) is 0 Å². The highest BCUT2D eigenvalue weighted by molar-refractivity contribution is 5.87. The van der Waals surface area contributed by atoms with Gasteiger partial charge in [-0.1, -0.05) is 26.0 Å². The van der Waals surface area contributed by atoms with Gasteiger partial charge in [0.25, 0.3) is 0 Å². The molecular formula is C19H27NO4. The number of carboxylic acid groups (broad SMARTS) is 1. The van der Waals surface area contributed by atoms with Crippen molar-refractivity contribution >= 4 is 11.9 Å². The molecule has 1 N–H and O–H groups in total. The van der Waals surface area contributed by atoms with Crippen molar-refractivity contribution in [3.63, 3.8) is 0 Å². The second kappa shape index (κ2) is 8.83. The second-order valence-electron chi connectivity index (χ2n) is 6.81. The van der Waals surface area contributed by atoms with Crippen molar-refractivity contribution in [2.45, 2.75) is 45.6 Å². The van der Waals surface area contributed by atoms with Crippen molar-refractivity contribution in [3.05, 3.63) is 35.4 Å². The van der Waals surface area contributed by atoms with Gasteiger partial charge in [0.1, 0.15) is 0 Å². The van der Waals surface area contributed by atoms with Crippen LogP contribution in [0.25, 0.3) is 0 Å². The zero-order valence-electron chi connectivity index (χ0n) is 14.5. The van der Waals surface area contributed by atoms with Gasteiger partial charge < -0.3 is 14.7 Å². The Hall–Kier alpha value is -1.88. The molecule has 1 saturated heterocycles. The van der Waals surface area contributed by atoms with Gasteiger partial charge in [-0.15, -0.1) is 0 Å². The van der Waals surface area contributed by atoms with Crippen molar-refractivity contribution < 1.29 is 19.4 Å². The number of nitrogens with zero attached hydrogens (tertiary/aromatic N) is 1. The first-order valence-electron chi connectivity index (χ1n) is 8.67. The fraction of sp³-hybridized carbons (Fsp3) is 0.579. The summed E-state index contributed by atoms with van der Waals surface area (Å²) in [5.74, 6) is -0.151. The molecule has 1 atom stereocenters. The highest BCUT2D eigenvalue weighted by atomic mass is 16.5. The lowest BCUT2D eigenvalue weighted by molar-refractivity contribution is -0.130. The zero-order valence-corrected chi connectivity index (χ0v) is 14.5. The molecule has 0 saturated carbocycles. The summed E-state index contributed by atoms with van der Waals surface area (Å²) in [6.45, 7) is 6.58. The smallest absolute Gasteiger partial charge is 0.335 e. The molecule has 1 fully saturated rings. The molecular weight excluding hydrogens is 306 g/mol. The number of aromatic carboxylic acids is 1. The van der Waals surface area contributed by atoms with Gasteiger partial charge in [-0.2, -0.15) is 0 Å². The number of hydrogen-bond donors (Lipinski definition) is 1. The molecule has 1 aromatic rings. The van der Waals surface area contributed by atoms with Crippen LogP contribution < -0.4 is 0 Å². The predicted octanol–water partition coefficient (Wildman–Crippen LogP) is 2.98. The van der Waals surface area contributed by atoms with Crippen molar-refractivity contribution in [1.82, 2.24) is 4.90 Å². The summed E-state index contributed by atoms with van der Waals surface area (Å²) in [4.78, 5) is 25.0. The number of likely N-dealkylation sites (tertiary alicyclic amines) is 1. The Morgan fingerprint density at radius 3 is 2.62 bits per heavy atom. The number of rotatable bonds is 8. The minimum Gasteiger partial charge on any atom is -0.478 e. The van der Waals surface area contributed by atoms with Crippen LogP contribution >= 0.6 is 0 Å². The molecule has 0 unspecified atom stereocenters. The Morgan fingerprint density at radius 2 is 2.00 bits per heavy atom. The Morgan fingerprint density at radius 1 is 1.29 bits per heavy atom. The summed E-state index contributed by atoms with van der Waals surface area (Å²) in [5, 5.41) is 8.88. The lowest BCUT2D eigenvalue weighted by Gasteiger charge is -2.17. The molecule has 1 aliphatic rings. The van der Waals surface area contributed by atoms with Crippen LogP contribution in [0.4, 0.5) is 0 Å². The van der Waals surface area contributed by atoms with Gasteiger partial charge in [0.2, 0.25) is 5.91 Å². The maximum Gasteiger partial charge on any atom is 0.335 e. The van der Waals surface area contributed by atoms with Crippen molar-refractivity contribution in [1.29, 1.82) is 0 Å². The summed E-state index contributed by atoms with van der Waals surface area (Å²) in [6.07, 6.45) is 3.22. The van der Waals surface area contributed by atoms with Gasteiger partial charge in [-0.05, 0) is 42.9 Å². The van der Waals surface area contributed by atoms with E-state index in [4.69, 9.17) is 9.84 Å². The van der Waals surface area contributed by atoms with Crippen LogP contribution in [0.3, 0.4) is 0 Å². The quantitative estimate of drug-likeness (QED) is 0.794. The minimum atomic E-state index is -0.932. The van der Waals surface area contributed by atoms with Gasteiger partial charge in [0.05, 0.1) is 11.7 Å². The Bertz CT molecular complexity index is 553. The van der Waals surface area contributed by atoms with Crippen LogP contribution in [-0.4, -0.2) is 47.7 Å². The summed E-state index contributed by atoms with van der Waals surface area (Å²) in [6, 6.07) is 6.71. The zero-order chi connectivity index (χ0) is 17.5. The van der Waals surface area contributed by atoms with E-state index >= 15 is 0 Å². The van der Waals surface area contributed by atoms with E-state index in [-0.39, 0.29) is 17.6 Å². The molecule has 132 valence electrons. The average Bonchev–Trinajstić information content (AvgIpc) is 3.01. The first kappa shape index (κ1) is 18.5. The third kappa shape index (κ3) is 5.64. The molecule has 1 aromatic carbocycles. The van der Waals surface area contributed by atoms with Crippen LogP contribution in [0.15, 0.2) is 24.3 Å². The molecule has 2 rings (SSSR count). The molecule has 0 aromatic heterocycles. The number of aryl methyl sites for hydroxylation is 1. The highest BCUT2D eigenvalue weighted by Crippen LogP contribution is 2.16. The van der Waals surface area contributed by atoms with Crippen molar-refractivity contribution in [2.24, 2.45) is 5.92 Å². The summed E-state index contributed by atoms with van der Waals surface area (Å²) in [5.41, 5.74) is 1.25. The average molecular weight is 333 g/mol. The molecule has 0 bridgehead atoms. The van der Waals surface area contributed by atoms with Crippen LogP contribution in [-0.2, 0) is 16.0 Å². The molecule has 0 radical (unpaired) electrons. The molecule has 0 spiro atoms. The van der Waals surface area contributed by atoms with E-state index in [0.29, 0.717) is 25.3 Å². The fourth-order valence-corrected chi connectivity index (χ4v) is 2.78. The fourth-order valence-electron chi connectivity index (χ4n) is 2.78. The summed E-state index contributed by atoms with van der Waals surface area (Å²) < 4.78 is 5.84. The Balaban J connectivity index is 1.72. The lowest BCUT2D eigenvalue weighted by atomic mass is 10.1.